The fraction of sp³-hybridized carbons (Fsp3) is 0.786. The molecule has 11 heteroatoms. The molecule has 2 rings (SSSR count). The first-order chi connectivity index (χ1) is 11.7. The first-order valence-electron chi connectivity index (χ1n) is 8.15. The maximum atomic E-state index is 12.5. The Labute approximate surface area is 151 Å². The van der Waals surface area contributed by atoms with E-state index in [1.165, 1.54) is 14.1 Å². The van der Waals surface area contributed by atoms with Crippen molar-refractivity contribution in [3.05, 3.63) is 0 Å². The average molecular weight is 393 g/mol. The average Bonchev–Trinajstić information content (AvgIpc) is 2.97. The molecule has 142 valence electrons. The molecular weight excluding hydrogens is 370 g/mol. The van der Waals surface area contributed by atoms with Crippen molar-refractivity contribution in [3.8, 4) is 0 Å². The Bertz CT molecular complexity index is 630. The van der Waals surface area contributed by atoms with Gasteiger partial charge < -0.3 is 14.9 Å². The number of piperidine rings is 1. The third-order valence-corrected chi connectivity index (χ3v) is 7.19. The number of carbonyl (C=O) groups is 3. The zero-order valence-electron chi connectivity index (χ0n) is 14.1. The lowest BCUT2D eigenvalue weighted by atomic mass is 10.0. The van der Waals surface area contributed by atoms with Crippen LogP contribution in [0.25, 0.3) is 0 Å². The predicted molar refractivity (Wildman–Crippen MR) is 92.8 cm³/mol. The highest BCUT2D eigenvalue weighted by Gasteiger charge is 2.34. The fourth-order valence-corrected chi connectivity index (χ4v) is 4.96. The summed E-state index contributed by atoms with van der Waals surface area (Å²) in [5.41, 5.74) is 0. The van der Waals surface area contributed by atoms with Crippen LogP contribution in [-0.4, -0.2) is 95.0 Å². The van der Waals surface area contributed by atoms with Gasteiger partial charge in [0.2, 0.25) is 15.9 Å². The van der Waals surface area contributed by atoms with E-state index in [9.17, 15) is 22.8 Å². The Hall–Kier alpha value is -1.33. The van der Waals surface area contributed by atoms with E-state index in [4.69, 9.17) is 5.11 Å². The summed E-state index contributed by atoms with van der Waals surface area (Å²) < 4.78 is 25.2. The minimum atomic E-state index is -3.28. The predicted octanol–water partition coefficient (Wildman–Crippen LogP) is -0.117. The third kappa shape index (κ3) is 5.08. The number of carboxylic acids is 1. The molecule has 2 amide bonds. The third-order valence-electron chi connectivity index (χ3n) is 4.42. The molecule has 1 N–H and O–H groups in total. The van der Waals surface area contributed by atoms with Crippen molar-refractivity contribution in [2.75, 3.05) is 44.2 Å². The van der Waals surface area contributed by atoms with Gasteiger partial charge in [-0.2, -0.15) is 0 Å². The summed E-state index contributed by atoms with van der Waals surface area (Å²) in [5.74, 6) is -0.892. The van der Waals surface area contributed by atoms with Gasteiger partial charge in [-0.15, -0.1) is 0 Å². The molecule has 2 aliphatic rings. The molecule has 0 spiro atoms. The van der Waals surface area contributed by atoms with Crippen molar-refractivity contribution in [1.29, 1.82) is 0 Å². The molecule has 0 aliphatic carbocycles. The molecule has 0 bridgehead atoms. The molecule has 9 nitrogen and oxygen atoms in total. The second kappa shape index (κ2) is 8.37. The maximum absolute atomic E-state index is 12.5. The van der Waals surface area contributed by atoms with E-state index in [2.05, 4.69) is 0 Å². The van der Waals surface area contributed by atoms with Gasteiger partial charge in [0.1, 0.15) is 13.1 Å². The summed E-state index contributed by atoms with van der Waals surface area (Å²) in [6.07, 6.45) is 0.780. The van der Waals surface area contributed by atoms with Crippen LogP contribution in [0.15, 0.2) is 0 Å². The van der Waals surface area contributed by atoms with E-state index in [-0.39, 0.29) is 36.7 Å². The van der Waals surface area contributed by atoms with Crippen LogP contribution in [0.2, 0.25) is 0 Å². The largest absolute Gasteiger partial charge is 0.480 e. The smallest absolute Gasteiger partial charge is 0.323 e. The van der Waals surface area contributed by atoms with Crippen molar-refractivity contribution >= 4 is 38.9 Å². The van der Waals surface area contributed by atoms with E-state index in [1.807, 2.05) is 0 Å². The van der Waals surface area contributed by atoms with Crippen LogP contribution < -0.4 is 0 Å². The van der Waals surface area contributed by atoms with Crippen LogP contribution in [0.3, 0.4) is 0 Å². The summed E-state index contributed by atoms with van der Waals surface area (Å²) in [4.78, 5) is 38.0. The fourth-order valence-electron chi connectivity index (χ4n) is 3.00. The Balaban J connectivity index is 2.01. The summed E-state index contributed by atoms with van der Waals surface area (Å²) in [6, 6.07) is -0.336. The van der Waals surface area contributed by atoms with Crippen LogP contribution in [0.5, 0.6) is 0 Å². The standard InChI is InChI=1S/C14H23N3O6S2/c1-2-25(22,23)16-5-3-11(4-6-16)17(10-13(19)20)12(18)9-15-7-8-24-14(15)21/h11H,2-10H2,1H3,(H,19,20). The number of hydrogen-bond acceptors (Lipinski definition) is 6. The van der Waals surface area contributed by atoms with Gasteiger partial charge in [0, 0.05) is 31.4 Å². The molecule has 0 aromatic carbocycles. The van der Waals surface area contributed by atoms with Gasteiger partial charge in [-0.25, -0.2) is 12.7 Å². The maximum Gasteiger partial charge on any atom is 0.323 e. The quantitative estimate of drug-likeness (QED) is 0.641. The minimum Gasteiger partial charge on any atom is -0.480 e. The number of carboxylic acid groups (broad SMARTS) is 1. The summed E-state index contributed by atoms with van der Waals surface area (Å²) in [5, 5.41) is 8.94. The van der Waals surface area contributed by atoms with Gasteiger partial charge in [-0.05, 0) is 19.8 Å². The number of rotatable bonds is 7. The van der Waals surface area contributed by atoms with Crippen molar-refractivity contribution in [3.63, 3.8) is 0 Å². The lowest BCUT2D eigenvalue weighted by Gasteiger charge is -2.37. The van der Waals surface area contributed by atoms with E-state index < -0.39 is 28.4 Å². The second-order valence-corrected chi connectivity index (χ2v) is 9.29. The number of sulfonamides is 1. The van der Waals surface area contributed by atoms with E-state index in [1.54, 1.807) is 6.92 Å². The number of carbonyl (C=O) groups excluding carboxylic acids is 2. The van der Waals surface area contributed by atoms with Gasteiger partial charge >= 0.3 is 5.97 Å². The SMILES string of the molecule is CCS(=O)(=O)N1CCC(N(CC(=O)O)C(=O)CN2CCSC2=O)CC1. The number of thioether (sulfide) groups is 1. The number of nitrogens with zero attached hydrogens (tertiary/aromatic N) is 3. The van der Waals surface area contributed by atoms with Crippen LogP contribution in [-0.2, 0) is 19.6 Å². The highest BCUT2D eigenvalue weighted by Crippen LogP contribution is 2.21. The summed E-state index contributed by atoms with van der Waals surface area (Å²) in [7, 11) is -3.28. The first kappa shape index (κ1) is 20.0. The van der Waals surface area contributed by atoms with Crippen LogP contribution >= 0.6 is 11.8 Å². The minimum absolute atomic E-state index is 0.0180. The zero-order chi connectivity index (χ0) is 18.6. The molecule has 0 aromatic heterocycles. The van der Waals surface area contributed by atoms with Gasteiger partial charge in [0.15, 0.2) is 0 Å². The van der Waals surface area contributed by atoms with Crippen molar-refractivity contribution in [2.45, 2.75) is 25.8 Å². The Morgan fingerprint density at radius 1 is 1.28 bits per heavy atom. The molecule has 2 saturated heterocycles. The molecule has 0 radical (unpaired) electrons. The van der Waals surface area contributed by atoms with Crippen LogP contribution in [0.1, 0.15) is 19.8 Å². The molecule has 25 heavy (non-hydrogen) atoms. The molecule has 0 aromatic rings. The number of amides is 2. The monoisotopic (exact) mass is 393 g/mol. The van der Waals surface area contributed by atoms with E-state index >= 15 is 0 Å². The molecule has 2 fully saturated rings. The van der Waals surface area contributed by atoms with Crippen molar-refractivity contribution < 1.29 is 27.9 Å². The second-order valence-electron chi connectivity index (χ2n) is 5.98. The molecular formula is C14H23N3O6S2. The van der Waals surface area contributed by atoms with Gasteiger partial charge in [-0.1, -0.05) is 11.8 Å². The lowest BCUT2D eigenvalue weighted by Crippen LogP contribution is -2.52. The molecule has 2 heterocycles. The molecule has 0 atom stereocenters. The highest BCUT2D eigenvalue weighted by atomic mass is 32.2. The summed E-state index contributed by atoms with van der Waals surface area (Å²) >= 11 is 1.14. The summed E-state index contributed by atoms with van der Waals surface area (Å²) in [6.45, 7) is 2.01. The zero-order valence-corrected chi connectivity index (χ0v) is 15.7. The Morgan fingerprint density at radius 3 is 2.40 bits per heavy atom. The Morgan fingerprint density at radius 2 is 1.92 bits per heavy atom. The molecule has 0 saturated carbocycles. The van der Waals surface area contributed by atoms with Gasteiger partial charge in [-0.3, -0.25) is 14.4 Å². The van der Waals surface area contributed by atoms with Gasteiger partial charge in [0.25, 0.3) is 5.24 Å². The Kier molecular flexibility index (Phi) is 6.69. The lowest BCUT2D eigenvalue weighted by molar-refractivity contribution is -0.147. The number of aliphatic carboxylic acids is 1. The topological polar surface area (TPSA) is 115 Å². The van der Waals surface area contributed by atoms with Gasteiger partial charge in [0.05, 0.1) is 5.75 Å². The van der Waals surface area contributed by atoms with Crippen molar-refractivity contribution in [2.24, 2.45) is 0 Å². The normalized spacial score (nSPS) is 20.0. The molecule has 0 unspecified atom stereocenters. The van der Waals surface area contributed by atoms with Crippen molar-refractivity contribution in [1.82, 2.24) is 14.1 Å². The highest BCUT2D eigenvalue weighted by molar-refractivity contribution is 8.13. The first-order valence-corrected chi connectivity index (χ1v) is 10.7. The van der Waals surface area contributed by atoms with Crippen LogP contribution in [0, 0.1) is 0 Å². The van der Waals surface area contributed by atoms with E-state index in [0.717, 1.165) is 11.8 Å². The van der Waals surface area contributed by atoms with Crippen LogP contribution in [0.4, 0.5) is 4.79 Å². The number of hydrogen-bond donors (Lipinski definition) is 1. The van der Waals surface area contributed by atoms with E-state index in [0.29, 0.717) is 25.1 Å². The molecule has 2 aliphatic heterocycles.